The summed E-state index contributed by atoms with van der Waals surface area (Å²) in [4.78, 5) is 4.86. The minimum absolute atomic E-state index is 0.0293. The first kappa shape index (κ1) is 23.5. The Hall–Kier alpha value is -3.26. The SMILES string of the molecule is COc1ccc(C2CNNC2c2ccc(OCCN3CCN(c4ccccc4)CC3)cc2O)cc1. The molecular formula is C28H34N4O3. The zero-order valence-electron chi connectivity index (χ0n) is 20.2. The second-order valence-electron chi connectivity index (χ2n) is 9.12. The number of phenols is 1. The maximum absolute atomic E-state index is 10.8. The molecule has 0 saturated carbocycles. The first-order valence-electron chi connectivity index (χ1n) is 12.3. The molecule has 5 rings (SSSR count). The second-order valence-corrected chi connectivity index (χ2v) is 9.12. The van der Waals surface area contributed by atoms with Crippen molar-refractivity contribution in [2.24, 2.45) is 0 Å². The van der Waals surface area contributed by atoms with Gasteiger partial charge in [0.1, 0.15) is 23.9 Å². The summed E-state index contributed by atoms with van der Waals surface area (Å²) in [6.07, 6.45) is 0. The molecular weight excluding hydrogens is 440 g/mol. The third kappa shape index (κ3) is 5.53. The van der Waals surface area contributed by atoms with Crippen molar-refractivity contribution in [2.45, 2.75) is 12.0 Å². The van der Waals surface area contributed by atoms with Crippen molar-refractivity contribution in [1.29, 1.82) is 0 Å². The summed E-state index contributed by atoms with van der Waals surface area (Å²) in [5.74, 6) is 1.99. The summed E-state index contributed by atoms with van der Waals surface area (Å²) in [5.41, 5.74) is 9.91. The van der Waals surface area contributed by atoms with Gasteiger partial charge in [-0.25, -0.2) is 5.43 Å². The van der Waals surface area contributed by atoms with E-state index in [1.165, 1.54) is 11.3 Å². The van der Waals surface area contributed by atoms with Crippen molar-refractivity contribution in [1.82, 2.24) is 15.8 Å². The highest BCUT2D eigenvalue weighted by Crippen LogP contribution is 2.39. The van der Waals surface area contributed by atoms with Crippen LogP contribution < -0.4 is 25.2 Å². The molecule has 2 heterocycles. The Morgan fingerprint density at radius 1 is 0.914 bits per heavy atom. The van der Waals surface area contributed by atoms with Gasteiger partial charge in [0.2, 0.25) is 0 Å². The molecule has 7 heteroatoms. The van der Waals surface area contributed by atoms with Crippen LogP contribution in [-0.2, 0) is 0 Å². The zero-order valence-corrected chi connectivity index (χ0v) is 20.2. The molecule has 35 heavy (non-hydrogen) atoms. The number of rotatable bonds is 8. The number of hydrogen-bond acceptors (Lipinski definition) is 7. The van der Waals surface area contributed by atoms with Gasteiger partial charge in [0.05, 0.1) is 13.2 Å². The Kier molecular flexibility index (Phi) is 7.37. The quantitative estimate of drug-likeness (QED) is 0.461. The predicted molar refractivity (Wildman–Crippen MR) is 138 cm³/mol. The molecule has 3 N–H and O–H groups in total. The van der Waals surface area contributed by atoms with E-state index in [0.717, 1.165) is 50.6 Å². The average molecular weight is 475 g/mol. The lowest BCUT2D eigenvalue weighted by molar-refractivity contribution is 0.200. The fourth-order valence-electron chi connectivity index (χ4n) is 4.99. The van der Waals surface area contributed by atoms with Gasteiger partial charge in [-0.2, -0.15) is 0 Å². The Morgan fingerprint density at radius 3 is 2.37 bits per heavy atom. The van der Waals surface area contributed by atoms with Crippen molar-refractivity contribution in [3.63, 3.8) is 0 Å². The van der Waals surface area contributed by atoms with Crippen LogP contribution in [-0.4, -0.2) is 63.0 Å². The van der Waals surface area contributed by atoms with Crippen LogP contribution in [0, 0.1) is 0 Å². The number of hydrogen-bond donors (Lipinski definition) is 3. The molecule has 0 aromatic heterocycles. The van der Waals surface area contributed by atoms with E-state index < -0.39 is 0 Å². The third-order valence-electron chi connectivity index (χ3n) is 7.03. The van der Waals surface area contributed by atoms with Crippen molar-refractivity contribution in [2.75, 3.05) is 57.9 Å². The Morgan fingerprint density at radius 2 is 1.66 bits per heavy atom. The zero-order chi connectivity index (χ0) is 24.0. The normalized spacial score (nSPS) is 20.7. The molecule has 2 fully saturated rings. The molecule has 0 radical (unpaired) electrons. The van der Waals surface area contributed by atoms with E-state index in [1.54, 1.807) is 13.2 Å². The number of anilines is 1. The van der Waals surface area contributed by atoms with Gasteiger partial charge in [-0.05, 0) is 35.9 Å². The number of phenolic OH excluding ortho intramolecular Hbond substituents is 1. The predicted octanol–water partition coefficient (Wildman–Crippen LogP) is 3.53. The van der Waals surface area contributed by atoms with Crippen LogP contribution in [0.2, 0.25) is 0 Å². The van der Waals surface area contributed by atoms with Crippen molar-refractivity contribution < 1.29 is 14.6 Å². The fourth-order valence-corrected chi connectivity index (χ4v) is 4.99. The molecule has 184 valence electrons. The topological polar surface area (TPSA) is 69.2 Å². The van der Waals surface area contributed by atoms with Crippen LogP contribution in [0.5, 0.6) is 17.2 Å². The summed E-state index contributed by atoms with van der Waals surface area (Å²) in [5, 5.41) is 10.8. The minimum atomic E-state index is -0.0293. The molecule has 3 aromatic rings. The average Bonchev–Trinajstić information content (AvgIpc) is 3.39. The smallest absolute Gasteiger partial charge is 0.124 e. The Bertz CT molecular complexity index is 1090. The molecule has 2 saturated heterocycles. The highest BCUT2D eigenvalue weighted by molar-refractivity contribution is 5.46. The monoisotopic (exact) mass is 474 g/mol. The third-order valence-corrected chi connectivity index (χ3v) is 7.03. The molecule has 0 aliphatic carbocycles. The summed E-state index contributed by atoms with van der Waals surface area (Å²) < 4.78 is 11.3. The first-order valence-corrected chi connectivity index (χ1v) is 12.3. The van der Waals surface area contributed by atoms with E-state index in [-0.39, 0.29) is 17.7 Å². The Balaban J connectivity index is 1.13. The van der Waals surface area contributed by atoms with Crippen LogP contribution in [0.25, 0.3) is 0 Å². The Labute approximate surface area is 207 Å². The molecule has 7 nitrogen and oxygen atoms in total. The van der Waals surface area contributed by atoms with Crippen molar-refractivity contribution in [3.8, 4) is 17.2 Å². The van der Waals surface area contributed by atoms with Crippen molar-refractivity contribution in [3.05, 3.63) is 83.9 Å². The van der Waals surface area contributed by atoms with Gasteiger partial charge >= 0.3 is 0 Å². The molecule has 2 unspecified atom stereocenters. The summed E-state index contributed by atoms with van der Waals surface area (Å²) in [6, 6.07) is 24.3. The van der Waals surface area contributed by atoms with Gasteiger partial charge < -0.3 is 19.5 Å². The summed E-state index contributed by atoms with van der Waals surface area (Å²) in [7, 11) is 1.67. The fraction of sp³-hybridized carbons (Fsp3) is 0.357. The number of benzene rings is 3. The summed E-state index contributed by atoms with van der Waals surface area (Å²) in [6.45, 7) is 6.35. The first-order chi connectivity index (χ1) is 17.2. The van der Waals surface area contributed by atoms with E-state index in [0.29, 0.717) is 12.4 Å². The van der Waals surface area contributed by atoms with Crippen LogP contribution >= 0.6 is 0 Å². The lowest BCUT2D eigenvalue weighted by atomic mass is 9.88. The number of methoxy groups -OCH3 is 1. The standard InChI is InChI=1S/C28H34N4O3/c1-34-23-9-7-21(8-10-23)26-20-29-30-28(26)25-12-11-24(19-27(25)33)35-18-17-31-13-15-32(16-14-31)22-5-3-2-4-6-22/h2-12,19,26,28-30,33H,13-18,20H2,1H3. The number of para-hydroxylation sites is 1. The number of hydrazine groups is 1. The van der Waals surface area contributed by atoms with E-state index >= 15 is 0 Å². The van der Waals surface area contributed by atoms with Gasteiger partial charge in [0.15, 0.2) is 0 Å². The largest absolute Gasteiger partial charge is 0.507 e. The number of nitrogens with zero attached hydrogens (tertiary/aromatic N) is 2. The lowest BCUT2D eigenvalue weighted by Crippen LogP contribution is -2.47. The molecule has 0 bridgehead atoms. The second kappa shape index (κ2) is 11.0. The molecule has 0 spiro atoms. The van der Waals surface area contributed by atoms with Gasteiger partial charge in [-0.15, -0.1) is 0 Å². The van der Waals surface area contributed by atoms with Crippen LogP contribution in [0.15, 0.2) is 72.8 Å². The van der Waals surface area contributed by atoms with E-state index in [2.05, 4.69) is 63.1 Å². The number of nitrogens with one attached hydrogen (secondary N) is 2. The molecule has 3 aromatic carbocycles. The van der Waals surface area contributed by atoms with Gasteiger partial charge in [-0.3, -0.25) is 10.3 Å². The highest BCUT2D eigenvalue weighted by atomic mass is 16.5. The molecule has 2 aliphatic rings. The summed E-state index contributed by atoms with van der Waals surface area (Å²) >= 11 is 0. The maximum atomic E-state index is 10.8. The number of aromatic hydroxyl groups is 1. The molecule has 2 atom stereocenters. The van der Waals surface area contributed by atoms with Gasteiger partial charge in [-0.1, -0.05) is 36.4 Å². The lowest BCUT2D eigenvalue weighted by Gasteiger charge is -2.36. The van der Waals surface area contributed by atoms with E-state index in [9.17, 15) is 5.11 Å². The highest BCUT2D eigenvalue weighted by Gasteiger charge is 2.31. The molecule has 2 aliphatic heterocycles. The van der Waals surface area contributed by atoms with Crippen LogP contribution in [0.3, 0.4) is 0 Å². The van der Waals surface area contributed by atoms with Crippen LogP contribution in [0.4, 0.5) is 5.69 Å². The molecule has 0 amide bonds. The van der Waals surface area contributed by atoms with E-state index in [4.69, 9.17) is 9.47 Å². The number of ether oxygens (including phenoxy) is 2. The van der Waals surface area contributed by atoms with Gasteiger partial charge in [0.25, 0.3) is 0 Å². The van der Waals surface area contributed by atoms with E-state index in [1.807, 2.05) is 24.3 Å². The van der Waals surface area contributed by atoms with Crippen LogP contribution in [0.1, 0.15) is 23.1 Å². The number of piperazine rings is 1. The van der Waals surface area contributed by atoms with Crippen molar-refractivity contribution >= 4 is 5.69 Å². The van der Waals surface area contributed by atoms with Gasteiger partial charge in [0, 0.05) is 62.5 Å². The maximum Gasteiger partial charge on any atom is 0.124 e. The minimum Gasteiger partial charge on any atom is -0.507 e.